The largest absolute Gasteiger partial charge is 0.480 e. The molecule has 3 heterocycles. The molecule has 0 fully saturated rings. The van der Waals surface area contributed by atoms with Gasteiger partial charge in [-0.1, -0.05) is 5.92 Å². The maximum atomic E-state index is 13.9. The topological polar surface area (TPSA) is 84.6 Å². The van der Waals surface area contributed by atoms with Crippen LogP contribution in [0.4, 0.5) is 14.5 Å². The van der Waals surface area contributed by atoms with Crippen LogP contribution in [0.25, 0.3) is 16.9 Å². The van der Waals surface area contributed by atoms with E-state index in [2.05, 4.69) is 31.6 Å². The fourth-order valence-corrected chi connectivity index (χ4v) is 3.40. The Morgan fingerprint density at radius 3 is 2.81 bits per heavy atom. The van der Waals surface area contributed by atoms with Crippen LogP contribution in [-0.4, -0.2) is 38.4 Å². The Kier molecular flexibility index (Phi) is 5.97. The van der Waals surface area contributed by atoms with Gasteiger partial charge in [-0.3, -0.25) is 0 Å². The highest BCUT2D eigenvalue weighted by Gasteiger charge is 2.12. The third-order valence-electron chi connectivity index (χ3n) is 4.16. The molecule has 0 saturated heterocycles. The summed E-state index contributed by atoms with van der Waals surface area (Å²) < 4.78 is 36.9. The Hall–Kier alpha value is -3.68. The Morgan fingerprint density at radius 1 is 1.16 bits per heavy atom. The van der Waals surface area contributed by atoms with Crippen molar-refractivity contribution in [2.75, 3.05) is 18.4 Å². The van der Waals surface area contributed by atoms with Crippen molar-refractivity contribution in [3.05, 3.63) is 66.1 Å². The van der Waals surface area contributed by atoms with Crippen LogP contribution in [0.5, 0.6) is 5.88 Å². The number of ether oxygens (including phenoxy) is 1. The van der Waals surface area contributed by atoms with Gasteiger partial charge in [0.1, 0.15) is 29.6 Å². The number of anilines is 1. The van der Waals surface area contributed by atoms with Crippen molar-refractivity contribution in [1.29, 1.82) is 0 Å². The SMILES string of the molecule is COc1ncc(-c2ccc3ncc(C#CCO)n3n2)cc1NSc1ccc(F)cc1F. The van der Waals surface area contributed by atoms with E-state index >= 15 is 0 Å². The van der Waals surface area contributed by atoms with Gasteiger partial charge in [-0.2, -0.15) is 5.10 Å². The second-order valence-electron chi connectivity index (χ2n) is 6.15. The van der Waals surface area contributed by atoms with Crippen molar-refractivity contribution >= 4 is 23.3 Å². The van der Waals surface area contributed by atoms with Gasteiger partial charge < -0.3 is 14.6 Å². The number of nitrogens with zero attached hydrogens (tertiary/aromatic N) is 4. The van der Waals surface area contributed by atoms with Crippen LogP contribution < -0.4 is 9.46 Å². The molecule has 0 bridgehead atoms. The lowest BCUT2D eigenvalue weighted by atomic mass is 10.2. The summed E-state index contributed by atoms with van der Waals surface area (Å²) >= 11 is 0.969. The molecule has 10 heteroatoms. The van der Waals surface area contributed by atoms with E-state index in [0.717, 1.165) is 18.0 Å². The van der Waals surface area contributed by atoms with E-state index in [1.165, 1.54) is 19.2 Å². The van der Waals surface area contributed by atoms with Crippen molar-refractivity contribution in [1.82, 2.24) is 19.6 Å². The number of hydrogen-bond acceptors (Lipinski definition) is 7. The maximum Gasteiger partial charge on any atom is 0.237 e. The fourth-order valence-electron chi connectivity index (χ4n) is 2.74. The second kappa shape index (κ2) is 8.99. The minimum atomic E-state index is -0.677. The van der Waals surface area contributed by atoms with Gasteiger partial charge in [0.2, 0.25) is 5.88 Å². The van der Waals surface area contributed by atoms with Crippen molar-refractivity contribution in [2.45, 2.75) is 4.90 Å². The second-order valence-corrected chi connectivity index (χ2v) is 7.00. The van der Waals surface area contributed by atoms with Gasteiger partial charge >= 0.3 is 0 Å². The van der Waals surface area contributed by atoms with Crippen LogP contribution in [0.1, 0.15) is 5.69 Å². The van der Waals surface area contributed by atoms with Crippen LogP contribution in [0.2, 0.25) is 0 Å². The molecule has 31 heavy (non-hydrogen) atoms. The number of nitrogens with one attached hydrogen (secondary N) is 1. The van der Waals surface area contributed by atoms with E-state index in [4.69, 9.17) is 9.84 Å². The number of rotatable bonds is 5. The summed E-state index contributed by atoms with van der Waals surface area (Å²) in [7, 11) is 1.47. The molecule has 0 amide bonds. The molecule has 0 radical (unpaired) electrons. The van der Waals surface area contributed by atoms with E-state index in [1.807, 2.05) is 0 Å². The maximum absolute atomic E-state index is 13.9. The van der Waals surface area contributed by atoms with Crippen molar-refractivity contribution in [3.8, 4) is 29.0 Å². The van der Waals surface area contributed by atoms with Crippen LogP contribution in [0, 0.1) is 23.5 Å². The molecule has 4 rings (SSSR count). The van der Waals surface area contributed by atoms with Gasteiger partial charge in [0.05, 0.1) is 23.9 Å². The monoisotopic (exact) mass is 439 g/mol. The third kappa shape index (κ3) is 4.42. The van der Waals surface area contributed by atoms with Gasteiger partial charge in [0, 0.05) is 17.8 Å². The lowest BCUT2D eigenvalue weighted by molar-refractivity contribution is 0.350. The minimum Gasteiger partial charge on any atom is -0.480 e. The summed E-state index contributed by atoms with van der Waals surface area (Å²) in [4.78, 5) is 8.74. The Morgan fingerprint density at radius 2 is 2.03 bits per heavy atom. The van der Waals surface area contributed by atoms with E-state index in [-0.39, 0.29) is 11.5 Å². The molecular formula is C21H15F2N5O2S. The highest BCUT2D eigenvalue weighted by Crippen LogP contribution is 2.32. The predicted octanol–water partition coefficient (Wildman–Crippen LogP) is 3.54. The lowest BCUT2D eigenvalue weighted by Crippen LogP contribution is -2.00. The normalized spacial score (nSPS) is 10.6. The minimum absolute atomic E-state index is 0.221. The number of hydrogen-bond donors (Lipinski definition) is 2. The molecule has 0 unspecified atom stereocenters. The predicted molar refractivity (Wildman–Crippen MR) is 113 cm³/mol. The molecule has 0 aliphatic carbocycles. The van der Waals surface area contributed by atoms with Crippen LogP contribution >= 0.6 is 11.9 Å². The zero-order valence-corrected chi connectivity index (χ0v) is 17.0. The fraction of sp³-hybridized carbons (Fsp3) is 0.0952. The molecule has 7 nitrogen and oxygen atoms in total. The number of aromatic nitrogens is 4. The summed E-state index contributed by atoms with van der Waals surface area (Å²) in [6.45, 7) is -0.267. The summed E-state index contributed by atoms with van der Waals surface area (Å²) in [5.41, 5.74) is 2.89. The van der Waals surface area contributed by atoms with E-state index in [0.29, 0.717) is 34.2 Å². The molecule has 0 atom stereocenters. The number of imidazole rings is 1. The molecule has 0 saturated carbocycles. The number of benzene rings is 1. The van der Waals surface area contributed by atoms with Gasteiger partial charge in [-0.15, -0.1) is 0 Å². The average Bonchev–Trinajstić information content (AvgIpc) is 3.19. The quantitative estimate of drug-likeness (QED) is 0.363. The zero-order chi connectivity index (χ0) is 21.8. The van der Waals surface area contributed by atoms with Crippen molar-refractivity contribution < 1.29 is 18.6 Å². The molecule has 156 valence electrons. The first-order valence-electron chi connectivity index (χ1n) is 8.96. The standard InChI is InChI=1S/C21H15F2N5O2S/c1-30-21-18(27-31-19-6-4-14(22)10-16(19)23)9-13(11-25-21)17-5-7-20-24-12-15(3-2-8-29)28(20)26-17/h4-7,9-12,27,29H,8H2,1H3. The zero-order valence-electron chi connectivity index (χ0n) is 16.1. The van der Waals surface area contributed by atoms with Crippen molar-refractivity contribution in [3.63, 3.8) is 0 Å². The van der Waals surface area contributed by atoms with Crippen molar-refractivity contribution in [2.24, 2.45) is 0 Å². The van der Waals surface area contributed by atoms with E-state index in [1.54, 1.807) is 35.1 Å². The highest BCUT2D eigenvalue weighted by molar-refractivity contribution is 8.00. The summed E-state index contributed by atoms with van der Waals surface area (Å²) in [5.74, 6) is 4.35. The van der Waals surface area contributed by atoms with Crippen LogP contribution in [0.3, 0.4) is 0 Å². The molecule has 2 N–H and O–H groups in total. The summed E-state index contributed by atoms with van der Waals surface area (Å²) in [6.07, 6.45) is 3.17. The van der Waals surface area contributed by atoms with Gasteiger partial charge in [-0.05, 0) is 48.2 Å². The Balaban J connectivity index is 1.66. The summed E-state index contributed by atoms with van der Waals surface area (Å²) in [5, 5.41) is 13.5. The molecule has 0 aliphatic rings. The van der Waals surface area contributed by atoms with Gasteiger partial charge in [-0.25, -0.2) is 23.3 Å². The number of methoxy groups -OCH3 is 1. The molecule has 0 spiro atoms. The molecule has 0 aliphatic heterocycles. The summed E-state index contributed by atoms with van der Waals surface area (Å²) in [6, 6.07) is 8.66. The average molecular weight is 439 g/mol. The number of halogens is 2. The first-order chi connectivity index (χ1) is 15.1. The van der Waals surface area contributed by atoms with Gasteiger partial charge in [0.15, 0.2) is 5.65 Å². The van der Waals surface area contributed by atoms with E-state index < -0.39 is 11.6 Å². The Bertz CT molecular complexity index is 1320. The first kappa shape index (κ1) is 20.6. The first-order valence-corrected chi connectivity index (χ1v) is 9.77. The van der Waals surface area contributed by atoms with Crippen LogP contribution in [0.15, 0.2) is 53.7 Å². The Labute approximate surface area is 180 Å². The van der Waals surface area contributed by atoms with Crippen LogP contribution in [-0.2, 0) is 0 Å². The number of fused-ring (bicyclic) bond motifs is 1. The number of pyridine rings is 1. The number of aliphatic hydroxyl groups is 1. The molecule has 1 aromatic carbocycles. The smallest absolute Gasteiger partial charge is 0.237 e. The third-order valence-corrected chi connectivity index (χ3v) is 5.04. The lowest BCUT2D eigenvalue weighted by Gasteiger charge is -2.11. The molecule has 4 aromatic rings. The molecular weight excluding hydrogens is 424 g/mol. The number of aliphatic hydroxyl groups excluding tert-OH is 1. The van der Waals surface area contributed by atoms with E-state index in [9.17, 15) is 8.78 Å². The highest BCUT2D eigenvalue weighted by atomic mass is 32.2. The molecule has 3 aromatic heterocycles. The van der Waals surface area contributed by atoms with Gasteiger partial charge in [0.25, 0.3) is 0 Å².